The summed E-state index contributed by atoms with van der Waals surface area (Å²) in [5, 5.41) is 0. The Labute approximate surface area is 119 Å². The van der Waals surface area contributed by atoms with Gasteiger partial charge in [0.2, 0.25) is 0 Å². The Morgan fingerprint density at radius 3 is 2.60 bits per heavy atom. The number of ether oxygens (including phenoxy) is 2. The number of hydrogen-bond donors (Lipinski definition) is 1. The molecule has 10 heteroatoms. The van der Waals surface area contributed by atoms with E-state index in [0.29, 0.717) is 0 Å². The van der Waals surface area contributed by atoms with Crippen LogP contribution >= 0.6 is 15.9 Å². The van der Waals surface area contributed by atoms with E-state index in [9.17, 15) is 22.4 Å². The van der Waals surface area contributed by atoms with Gasteiger partial charge in [-0.2, -0.15) is 8.78 Å². The Morgan fingerprint density at radius 1 is 1.40 bits per heavy atom. The zero-order chi connectivity index (χ0) is 15.3. The summed E-state index contributed by atoms with van der Waals surface area (Å²) < 4.78 is 58.4. The van der Waals surface area contributed by atoms with Crippen LogP contribution in [0.25, 0.3) is 0 Å². The lowest BCUT2D eigenvalue weighted by atomic mass is 10.4. The third kappa shape index (κ3) is 4.53. The highest BCUT2D eigenvalue weighted by atomic mass is 79.9. The van der Waals surface area contributed by atoms with Crippen molar-refractivity contribution in [2.24, 2.45) is 0 Å². The van der Waals surface area contributed by atoms with Crippen molar-refractivity contribution in [2.75, 3.05) is 13.7 Å². The predicted molar refractivity (Wildman–Crippen MR) is 63.9 cm³/mol. The first-order valence-electron chi connectivity index (χ1n) is 5.28. The number of aromatic nitrogens is 2. The molecule has 0 radical (unpaired) electrons. The molecule has 0 fully saturated rings. The first kappa shape index (κ1) is 17.1. The van der Waals surface area contributed by atoms with Crippen LogP contribution in [0.3, 0.4) is 0 Å². The van der Waals surface area contributed by atoms with Gasteiger partial charge in [-0.15, -0.1) is 0 Å². The quantitative estimate of drug-likeness (QED) is 0.754. The number of aromatic amines is 1. The second-order valence-electron chi connectivity index (χ2n) is 3.76. The molecule has 0 aliphatic carbocycles. The van der Waals surface area contributed by atoms with Crippen molar-refractivity contribution in [2.45, 2.75) is 25.6 Å². The lowest BCUT2D eigenvalue weighted by Gasteiger charge is -2.15. The van der Waals surface area contributed by atoms with E-state index in [1.807, 2.05) is 0 Å². The topological polar surface area (TPSA) is 64.2 Å². The molecule has 20 heavy (non-hydrogen) atoms. The van der Waals surface area contributed by atoms with E-state index < -0.39 is 31.1 Å². The van der Waals surface area contributed by atoms with Crippen molar-refractivity contribution in [1.82, 2.24) is 9.97 Å². The van der Waals surface area contributed by atoms with E-state index in [1.165, 1.54) is 7.11 Å². The third-order valence-corrected chi connectivity index (χ3v) is 2.93. The highest BCUT2D eigenvalue weighted by Gasteiger charge is 2.41. The fraction of sp³-hybridized carbons (Fsp3) is 0.600. The summed E-state index contributed by atoms with van der Waals surface area (Å²) >= 11 is 2.99. The fourth-order valence-electron chi connectivity index (χ4n) is 1.20. The van der Waals surface area contributed by atoms with Crippen LogP contribution in [0.4, 0.5) is 17.6 Å². The van der Waals surface area contributed by atoms with Gasteiger partial charge in [-0.1, -0.05) is 0 Å². The van der Waals surface area contributed by atoms with Crippen molar-refractivity contribution in [3.63, 3.8) is 0 Å². The van der Waals surface area contributed by atoms with Crippen LogP contribution in [0.5, 0.6) is 0 Å². The van der Waals surface area contributed by atoms with Crippen molar-refractivity contribution in [1.29, 1.82) is 0 Å². The molecule has 1 rings (SSSR count). The molecular weight excluding hydrogens is 352 g/mol. The van der Waals surface area contributed by atoms with Crippen LogP contribution in [-0.2, 0) is 22.7 Å². The summed E-state index contributed by atoms with van der Waals surface area (Å²) in [6.07, 6.45) is -3.82. The SMILES string of the molecule is COCc1nc(COCC(F)(F)C(F)F)[nH]c(=O)c1Br. The van der Waals surface area contributed by atoms with Gasteiger partial charge in [0.25, 0.3) is 5.56 Å². The molecule has 0 saturated heterocycles. The second-order valence-corrected chi connectivity index (χ2v) is 4.55. The zero-order valence-corrected chi connectivity index (χ0v) is 11.8. The van der Waals surface area contributed by atoms with Gasteiger partial charge in [0.1, 0.15) is 23.5 Å². The van der Waals surface area contributed by atoms with Gasteiger partial charge in [-0.05, 0) is 15.9 Å². The van der Waals surface area contributed by atoms with Gasteiger partial charge in [0.05, 0.1) is 12.3 Å². The van der Waals surface area contributed by atoms with Crippen molar-refractivity contribution in [3.8, 4) is 0 Å². The number of hydrogen-bond acceptors (Lipinski definition) is 4. The molecule has 0 saturated carbocycles. The number of alkyl halides is 4. The minimum Gasteiger partial charge on any atom is -0.378 e. The highest BCUT2D eigenvalue weighted by Crippen LogP contribution is 2.23. The van der Waals surface area contributed by atoms with Gasteiger partial charge in [-0.3, -0.25) is 4.79 Å². The number of H-pyrrole nitrogens is 1. The minimum absolute atomic E-state index is 0.0185. The molecule has 114 valence electrons. The summed E-state index contributed by atoms with van der Waals surface area (Å²) in [6, 6.07) is 0. The minimum atomic E-state index is -4.25. The molecule has 1 aromatic rings. The number of nitrogens with one attached hydrogen (secondary N) is 1. The van der Waals surface area contributed by atoms with E-state index in [1.54, 1.807) is 0 Å². The molecular formula is C10H11BrF4N2O3. The summed E-state index contributed by atoms with van der Waals surface area (Å²) in [5.41, 5.74) is -0.304. The van der Waals surface area contributed by atoms with Crippen molar-refractivity contribution in [3.05, 3.63) is 26.3 Å². The molecule has 0 aliphatic heterocycles. The van der Waals surface area contributed by atoms with E-state index in [0.717, 1.165) is 0 Å². The second kappa shape index (κ2) is 7.14. The lowest BCUT2D eigenvalue weighted by molar-refractivity contribution is -0.168. The molecule has 0 amide bonds. The van der Waals surface area contributed by atoms with Gasteiger partial charge in [-0.25, -0.2) is 13.8 Å². The molecule has 1 heterocycles. The molecule has 0 unspecified atom stereocenters. The Bertz CT molecular complexity index is 510. The molecule has 0 bridgehead atoms. The fourth-order valence-corrected chi connectivity index (χ4v) is 1.51. The van der Waals surface area contributed by atoms with E-state index in [4.69, 9.17) is 4.74 Å². The Morgan fingerprint density at radius 2 is 2.05 bits per heavy atom. The standard InChI is InChI=1S/C10H11BrF4N2O3/c1-19-2-5-7(11)8(18)17-6(16-5)3-20-4-10(14,15)9(12)13/h9H,2-4H2,1H3,(H,16,17,18). The van der Waals surface area contributed by atoms with Crippen LogP contribution < -0.4 is 5.56 Å². The molecule has 0 aliphatic rings. The maximum Gasteiger partial charge on any atom is 0.330 e. The maximum atomic E-state index is 12.6. The van der Waals surface area contributed by atoms with Crippen molar-refractivity contribution < 1.29 is 27.0 Å². The number of rotatable bonds is 7. The van der Waals surface area contributed by atoms with Crippen LogP contribution in [0, 0.1) is 0 Å². The Balaban J connectivity index is 2.72. The van der Waals surface area contributed by atoms with Crippen molar-refractivity contribution >= 4 is 15.9 Å². The first-order valence-corrected chi connectivity index (χ1v) is 6.07. The molecule has 0 atom stereocenters. The van der Waals surface area contributed by atoms with E-state index in [2.05, 4.69) is 30.6 Å². The zero-order valence-electron chi connectivity index (χ0n) is 10.3. The average Bonchev–Trinajstić information content (AvgIpc) is 2.35. The van der Waals surface area contributed by atoms with E-state index in [-0.39, 0.29) is 22.6 Å². The van der Waals surface area contributed by atoms with Crippen LogP contribution in [0.1, 0.15) is 11.5 Å². The Hall–Kier alpha value is -1.00. The van der Waals surface area contributed by atoms with Crippen LogP contribution in [0.2, 0.25) is 0 Å². The first-order chi connectivity index (χ1) is 9.27. The predicted octanol–water partition coefficient (Wildman–Crippen LogP) is 2.10. The molecule has 1 aromatic heterocycles. The molecule has 0 aromatic carbocycles. The monoisotopic (exact) mass is 362 g/mol. The Kier molecular flexibility index (Phi) is 6.08. The molecule has 5 nitrogen and oxygen atoms in total. The average molecular weight is 363 g/mol. The number of halogens is 5. The molecule has 1 N–H and O–H groups in total. The van der Waals surface area contributed by atoms with Gasteiger partial charge in [0, 0.05) is 7.11 Å². The number of nitrogens with zero attached hydrogens (tertiary/aromatic N) is 1. The van der Waals surface area contributed by atoms with Crippen LogP contribution in [0.15, 0.2) is 9.27 Å². The number of methoxy groups -OCH3 is 1. The largest absolute Gasteiger partial charge is 0.378 e. The summed E-state index contributed by atoms with van der Waals surface area (Å²) in [4.78, 5) is 17.6. The summed E-state index contributed by atoms with van der Waals surface area (Å²) in [6.45, 7) is -1.98. The maximum absolute atomic E-state index is 12.6. The van der Waals surface area contributed by atoms with Gasteiger partial charge >= 0.3 is 12.3 Å². The summed E-state index contributed by atoms with van der Waals surface area (Å²) in [7, 11) is 1.38. The summed E-state index contributed by atoms with van der Waals surface area (Å²) in [5.74, 6) is -4.30. The van der Waals surface area contributed by atoms with Gasteiger partial charge in [0.15, 0.2) is 0 Å². The molecule has 0 spiro atoms. The van der Waals surface area contributed by atoms with E-state index >= 15 is 0 Å². The highest BCUT2D eigenvalue weighted by molar-refractivity contribution is 9.10. The normalized spacial score (nSPS) is 12.2. The van der Waals surface area contributed by atoms with Gasteiger partial charge < -0.3 is 14.5 Å². The third-order valence-electron chi connectivity index (χ3n) is 2.11. The van der Waals surface area contributed by atoms with Crippen LogP contribution in [-0.4, -0.2) is 36.0 Å². The lowest BCUT2D eigenvalue weighted by Crippen LogP contribution is -2.32. The smallest absolute Gasteiger partial charge is 0.330 e.